The Kier molecular flexibility index (Phi) is 7.38. The maximum atomic E-state index is 12.0. The second kappa shape index (κ2) is 9.75. The zero-order chi connectivity index (χ0) is 18.9. The number of amides is 3. The van der Waals surface area contributed by atoms with E-state index >= 15 is 0 Å². The number of anilines is 2. The van der Waals surface area contributed by atoms with E-state index < -0.39 is 11.8 Å². The van der Waals surface area contributed by atoms with Gasteiger partial charge in [-0.15, -0.1) is 6.58 Å². The molecule has 0 aliphatic carbocycles. The van der Waals surface area contributed by atoms with Crippen LogP contribution in [0, 0.1) is 0 Å². The number of unbranched alkanes of at least 4 members (excludes halogenated alkanes) is 3. The Labute approximate surface area is 154 Å². The standard InChI is InChI=1S/C20H27N3O3/c1-3-4-5-6-7-12-21-19(25)20(26)22-17-11-10-16-9-8-13-23(15(2)24)18(16)14-17/h3,10-11,14H,1,4-9,12-13H2,2H3,(H,21,25)(H,22,26). The van der Waals surface area contributed by atoms with Gasteiger partial charge in [-0.3, -0.25) is 14.4 Å². The minimum Gasteiger partial charge on any atom is -0.348 e. The highest BCUT2D eigenvalue weighted by Gasteiger charge is 2.21. The lowest BCUT2D eigenvalue weighted by atomic mass is 10.0. The fourth-order valence-corrected chi connectivity index (χ4v) is 3.04. The lowest BCUT2D eigenvalue weighted by molar-refractivity contribution is -0.136. The van der Waals surface area contributed by atoms with Crippen LogP contribution in [0.15, 0.2) is 30.9 Å². The number of benzene rings is 1. The summed E-state index contributed by atoms with van der Waals surface area (Å²) in [5.74, 6) is -1.36. The normalized spacial score (nSPS) is 12.9. The van der Waals surface area contributed by atoms with E-state index in [1.807, 2.05) is 12.1 Å². The van der Waals surface area contributed by atoms with Crippen LogP contribution in [0.4, 0.5) is 11.4 Å². The summed E-state index contributed by atoms with van der Waals surface area (Å²) in [5.41, 5.74) is 2.40. The molecule has 0 radical (unpaired) electrons. The summed E-state index contributed by atoms with van der Waals surface area (Å²) in [7, 11) is 0. The molecular weight excluding hydrogens is 330 g/mol. The third-order valence-electron chi connectivity index (χ3n) is 4.42. The molecule has 6 nitrogen and oxygen atoms in total. The molecule has 1 aromatic rings. The van der Waals surface area contributed by atoms with E-state index in [-0.39, 0.29) is 5.91 Å². The van der Waals surface area contributed by atoms with Crippen molar-refractivity contribution in [3.05, 3.63) is 36.4 Å². The number of hydrogen-bond acceptors (Lipinski definition) is 3. The average molecular weight is 357 g/mol. The van der Waals surface area contributed by atoms with Gasteiger partial charge in [-0.05, 0) is 49.8 Å². The van der Waals surface area contributed by atoms with Gasteiger partial charge in [0.1, 0.15) is 0 Å². The van der Waals surface area contributed by atoms with E-state index in [0.717, 1.165) is 49.8 Å². The first-order valence-corrected chi connectivity index (χ1v) is 9.14. The molecule has 26 heavy (non-hydrogen) atoms. The Hall–Kier alpha value is -2.63. The zero-order valence-corrected chi connectivity index (χ0v) is 15.3. The van der Waals surface area contributed by atoms with Crippen molar-refractivity contribution in [2.75, 3.05) is 23.3 Å². The third-order valence-corrected chi connectivity index (χ3v) is 4.42. The Morgan fingerprint density at radius 2 is 2.00 bits per heavy atom. The maximum Gasteiger partial charge on any atom is 0.313 e. The molecule has 1 aliphatic rings. The van der Waals surface area contributed by atoms with Gasteiger partial charge in [0.05, 0.1) is 0 Å². The predicted octanol–water partition coefficient (Wildman–Crippen LogP) is 2.79. The first-order valence-electron chi connectivity index (χ1n) is 9.14. The van der Waals surface area contributed by atoms with Gasteiger partial charge in [0.25, 0.3) is 0 Å². The first kappa shape index (κ1) is 19.7. The fraction of sp³-hybridized carbons (Fsp3) is 0.450. The monoisotopic (exact) mass is 357 g/mol. The van der Waals surface area contributed by atoms with Crippen molar-refractivity contribution >= 4 is 29.1 Å². The predicted molar refractivity (Wildman–Crippen MR) is 103 cm³/mol. The molecule has 0 unspecified atom stereocenters. The lowest BCUT2D eigenvalue weighted by Gasteiger charge is -2.29. The van der Waals surface area contributed by atoms with Gasteiger partial charge in [-0.25, -0.2) is 0 Å². The molecular formula is C20H27N3O3. The maximum absolute atomic E-state index is 12.0. The summed E-state index contributed by atoms with van der Waals surface area (Å²) < 4.78 is 0. The molecule has 2 rings (SSSR count). The summed E-state index contributed by atoms with van der Waals surface area (Å²) in [4.78, 5) is 37.4. The highest BCUT2D eigenvalue weighted by molar-refractivity contribution is 6.39. The van der Waals surface area contributed by atoms with E-state index in [2.05, 4.69) is 17.2 Å². The van der Waals surface area contributed by atoms with Gasteiger partial charge in [0, 0.05) is 31.4 Å². The number of nitrogens with one attached hydrogen (secondary N) is 2. The van der Waals surface area contributed by atoms with Crippen LogP contribution in [0.3, 0.4) is 0 Å². The molecule has 1 aliphatic heterocycles. The summed E-state index contributed by atoms with van der Waals surface area (Å²) >= 11 is 0. The number of carbonyl (C=O) groups excluding carboxylic acids is 3. The Morgan fingerprint density at radius 1 is 1.19 bits per heavy atom. The number of rotatable bonds is 7. The van der Waals surface area contributed by atoms with Crippen LogP contribution < -0.4 is 15.5 Å². The summed E-state index contributed by atoms with van der Waals surface area (Å²) in [6.45, 7) is 6.35. The number of hydrogen-bond donors (Lipinski definition) is 2. The van der Waals surface area contributed by atoms with Gasteiger partial charge < -0.3 is 15.5 Å². The van der Waals surface area contributed by atoms with Gasteiger partial charge in [0.2, 0.25) is 5.91 Å². The molecule has 0 bridgehead atoms. The number of fused-ring (bicyclic) bond motifs is 1. The molecule has 1 aromatic carbocycles. The highest BCUT2D eigenvalue weighted by Crippen LogP contribution is 2.30. The summed E-state index contributed by atoms with van der Waals surface area (Å²) in [5, 5.41) is 5.24. The minimum atomic E-state index is -0.693. The van der Waals surface area contributed by atoms with Crippen LogP contribution in [-0.4, -0.2) is 30.8 Å². The van der Waals surface area contributed by atoms with Gasteiger partial charge >= 0.3 is 11.8 Å². The van der Waals surface area contributed by atoms with Gasteiger partial charge in [-0.2, -0.15) is 0 Å². The SMILES string of the molecule is C=CCCCCCNC(=O)C(=O)Nc1ccc2c(c1)N(C(C)=O)CCC2. The molecule has 0 atom stereocenters. The molecule has 0 fully saturated rings. The highest BCUT2D eigenvalue weighted by atomic mass is 16.2. The van der Waals surface area contributed by atoms with E-state index in [9.17, 15) is 14.4 Å². The van der Waals surface area contributed by atoms with Gasteiger partial charge in [0.15, 0.2) is 0 Å². The summed E-state index contributed by atoms with van der Waals surface area (Å²) in [6, 6.07) is 5.43. The van der Waals surface area contributed by atoms with Crippen LogP contribution in [0.2, 0.25) is 0 Å². The van der Waals surface area contributed by atoms with Crippen molar-refractivity contribution < 1.29 is 14.4 Å². The van der Waals surface area contributed by atoms with E-state index in [1.54, 1.807) is 17.0 Å². The van der Waals surface area contributed by atoms with Crippen LogP contribution >= 0.6 is 0 Å². The Bertz CT molecular complexity index is 685. The van der Waals surface area contributed by atoms with Crippen LogP contribution in [-0.2, 0) is 20.8 Å². The van der Waals surface area contributed by atoms with Crippen molar-refractivity contribution in [1.29, 1.82) is 0 Å². The van der Waals surface area contributed by atoms with Gasteiger partial charge in [-0.1, -0.05) is 18.6 Å². The molecule has 0 aromatic heterocycles. The molecule has 3 amide bonds. The van der Waals surface area contributed by atoms with Crippen molar-refractivity contribution in [3.63, 3.8) is 0 Å². The lowest BCUT2D eigenvalue weighted by Crippen LogP contribution is -2.36. The van der Waals surface area contributed by atoms with Crippen molar-refractivity contribution in [3.8, 4) is 0 Å². The summed E-state index contributed by atoms with van der Waals surface area (Å²) in [6.07, 6.45) is 7.52. The van der Waals surface area contributed by atoms with Crippen LogP contribution in [0.5, 0.6) is 0 Å². The van der Waals surface area contributed by atoms with Crippen molar-refractivity contribution in [2.24, 2.45) is 0 Å². The average Bonchev–Trinajstić information content (AvgIpc) is 2.63. The van der Waals surface area contributed by atoms with Crippen molar-refractivity contribution in [1.82, 2.24) is 5.32 Å². The zero-order valence-electron chi connectivity index (χ0n) is 15.3. The Morgan fingerprint density at radius 3 is 2.73 bits per heavy atom. The fourth-order valence-electron chi connectivity index (χ4n) is 3.04. The quantitative estimate of drug-likeness (QED) is 0.447. The van der Waals surface area contributed by atoms with Crippen LogP contribution in [0.1, 0.15) is 44.6 Å². The Balaban J connectivity index is 1.88. The molecule has 2 N–H and O–H groups in total. The molecule has 6 heteroatoms. The number of nitrogens with zero attached hydrogens (tertiary/aromatic N) is 1. The van der Waals surface area contributed by atoms with Crippen molar-refractivity contribution in [2.45, 2.75) is 45.4 Å². The smallest absolute Gasteiger partial charge is 0.313 e. The van der Waals surface area contributed by atoms with E-state index in [1.165, 1.54) is 6.92 Å². The number of aryl methyl sites for hydroxylation is 1. The largest absolute Gasteiger partial charge is 0.348 e. The molecule has 0 spiro atoms. The number of carbonyl (C=O) groups is 3. The molecule has 0 saturated carbocycles. The molecule has 0 saturated heterocycles. The molecule has 140 valence electrons. The minimum absolute atomic E-state index is 0.0244. The number of allylic oxidation sites excluding steroid dienone is 1. The van der Waals surface area contributed by atoms with E-state index in [0.29, 0.717) is 18.8 Å². The second-order valence-corrected chi connectivity index (χ2v) is 6.47. The third kappa shape index (κ3) is 5.44. The molecule has 1 heterocycles. The first-order chi connectivity index (χ1) is 12.5. The van der Waals surface area contributed by atoms with Crippen LogP contribution in [0.25, 0.3) is 0 Å². The van der Waals surface area contributed by atoms with E-state index in [4.69, 9.17) is 0 Å². The second-order valence-electron chi connectivity index (χ2n) is 6.47. The topological polar surface area (TPSA) is 78.5 Å².